The third-order valence-electron chi connectivity index (χ3n) is 4.66. The zero-order valence-corrected chi connectivity index (χ0v) is 16.3. The molecule has 0 N–H and O–H groups in total. The quantitative estimate of drug-likeness (QED) is 0.699. The van der Waals surface area contributed by atoms with E-state index >= 15 is 0 Å². The van der Waals surface area contributed by atoms with Gasteiger partial charge in [-0.3, -0.25) is 4.79 Å². The summed E-state index contributed by atoms with van der Waals surface area (Å²) in [4.78, 5) is 26.7. The van der Waals surface area contributed by atoms with E-state index in [1.165, 1.54) is 11.0 Å². The van der Waals surface area contributed by atoms with Gasteiger partial charge in [-0.1, -0.05) is 6.92 Å². The van der Waals surface area contributed by atoms with Gasteiger partial charge in [-0.15, -0.1) is 0 Å². The molecule has 2 aromatic rings. The minimum Gasteiger partial charge on any atom is -0.493 e. The smallest absolute Gasteiger partial charge is 0.349 e. The number of carbonyl (C=O) groups is 1. The zero-order valence-electron chi connectivity index (χ0n) is 15.4. The van der Waals surface area contributed by atoms with Gasteiger partial charge in [-0.05, 0) is 38.0 Å². The lowest BCUT2D eigenvalue weighted by atomic mass is 10.1. The number of fused-ring (bicyclic) bond motifs is 1. The Labute approximate surface area is 157 Å². The van der Waals surface area contributed by atoms with Crippen LogP contribution in [0, 0.1) is 0 Å². The molecule has 1 atom stereocenters. The highest BCUT2D eigenvalue weighted by Gasteiger charge is 2.35. The van der Waals surface area contributed by atoms with E-state index in [4.69, 9.17) is 9.15 Å². The van der Waals surface area contributed by atoms with Crippen molar-refractivity contribution in [2.75, 3.05) is 24.7 Å². The number of ether oxygens (including phenoxy) is 1. The summed E-state index contributed by atoms with van der Waals surface area (Å²) in [5.74, 6) is 0.0947. The van der Waals surface area contributed by atoms with Gasteiger partial charge in [0, 0.05) is 24.0 Å². The number of nitrogens with zero attached hydrogens (tertiary/aromatic N) is 1. The number of carbonyl (C=O) groups excluding carboxylic acids is 1. The van der Waals surface area contributed by atoms with Gasteiger partial charge in [0.1, 0.15) is 16.9 Å². The van der Waals surface area contributed by atoms with Crippen LogP contribution in [-0.2, 0) is 9.84 Å². The molecule has 1 saturated heterocycles. The molecule has 2 heterocycles. The molecule has 0 saturated carbocycles. The van der Waals surface area contributed by atoms with Crippen LogP contribution in [0.15, 0.2) is 33.5 Å². The van der Waals surface area contributed by atoms with Crippen LogP contribution in [0.5, 0.6) is 5.75 Å². The van der Waals surface area contributed by atoms with Gasteiger partial charge in [0.25, 0.3) is 5.91 Å². The van der Waals surface area contributed by atoms with E-state index < -0.39 is 27.4 Å². The summed E-state index contributed by atoms with van der Waals surface area (Å²) in [6.07, 6.45) is 1.25. The second kappa shape index (κ2) is 7.72. The van der Waals surface area contributed by atoms with Crippen LogP contribution >= 0.6 is 0 Å². The lowest BCUT2D eigenvalue weighted by Crippen LogP contribution is -2.42. The molecule has 1 aromatic heterocycles. The Morgan fingerprint density at radius 3 is 2.70 bits per heavy atom. The predicted molar refractivity (Wildman–Crippen MR) is 102 cm³/mol. The number of sulfone groups is 1. The van der Waals surface area contributed by atoms with Crippen molar-refractivity contribution < 1.29 is 22.4 Å². The lowest BCUT2D eigenvalue weighted by molar-refractivity contribution is 0.0704. The Hall–Kier alpha value is -2.35. The Morgan fingerprint density at radius 1 is 1.30 bits per heavy atom. The molecule has 1 fully saturated rings. The Morgan fingerprint density at radius 2 is 2.07 bits per heavy atom. The van der Waals surface area contributed by atoms with Gasteiger partial charge in [-0.25, -0.2) is 13.2 Å². The number of amides is 1. The van der Waals surface area contributed by atoms with Crippen molar-refractivity contribution in [1.29, 1.82) is 0 Å². The number of rotatable bonds is 6. The second-order valence-electron chi connectivity index (χ2n) is 6.64. The van der Waals surface area contributed by atoms with Gasteiger partial charge in [-0.2, -0.15) is 0 Å². The van der Waals surface area contributed by atoms with Crippen molar-refractivity contribution >= 4 is 26.7 Å². The first kappa shape index (κ1) is 19.4. The third kappa shape index (κ3) is 4.16. The summed E-state index contributed by atoms with van der Waals surface area (Å²) in [5.41, 5.74) is -0.480. The van der Waals surface area contributed by atoms with E-state index in [-0.39, 0.29) is 17.1 Å². The van der Waals surface area contributed by atoms with Crippen molar-refractivity contribution in [3.63, 3.8) is 0 Å². The topological polar surface area (TPSA) is 93.9 Å². The predicted octanol–water partition coefficient (Wildman–Crippen LogP) is 2.23. The van der Waals surface area contributed by atoms with Crippen LogP contribution < -0.4 is 10.4 Å². The van der Waals surface area contributed by atoms with Crippen LogP contribution in [0.2, 0.25) is 0 Å². The van der Waals surface area contributed by atoms with Crippen LogP contribution in [0.1, 0.15) is 37.0 Å². The molecule has 0 aliphatic carbocycles. The molecule has 146 valence electrons. The van der Waals surface area contributed by atoms with E-state index in [0.29, 0.717) is 36.3 Å². The van der Waals surface area contributed by atoms with Crippen LogP contribution in [-0.4, -0.2) is 49.9 Å². The Kier molecular flexibility index (Phi) is 5.55. The summed E-state index contributed by atoms with van der Waals surface area (Å²) in [6.45, 7) is 4.64. The maximum absolute atomic E-state index is 12.9. The van der Waals surface area contributed by atoms with Crippen molar-refractivity contribution in [2.45, 2.75) is 32.7 Å². The van der Waals surface area contributed by atoms with Crippen molar-refractivity contribution in [3.05, 3.63) is 40.2 Å². The molecular weight excluding hydrogens is 370 g/mol. The number of hydrogen-bond acceptors (Lipinski definition) is 6. The maximum Gasteiger partial charge on any atom is 0.349 e. The first-order valence-electron chi connectivity index (χ1n) is 9.06. The maximum atomic E-state index is 12.9. The molecule has 1 amide bonds. The molecule has 27 heavy (non-hydrogen) atoms. The molecule has 0 radical (unpaired) electrons. The highest BCUT2D eigenvalue weighted by molar-refractivity contribution is 7.91. The van der Waals surface area contributed by atoms with Gasteiger partial charge in [0.05, 0.1) is 18.1 Å². The molecule has 0 bridgehead atoms. The molecule has 8 heteroatoms. The molecule has 1 aliphatic heterocycles. The highest BCUT2D eigenvalue weighted by Crippen LogP contribution is 2.23. The van der Waals surface area contributed by atoms with Crippen molar-refractivity contribution in [2.24, 2.45) is 0 Å². The van der Waals surface area contributed by atoms with Gasteiger partial charge >= 0.3 is 5.63 Å². The SMILES string of the molecule is CCCOc1ccc2cc(C(=O)N(CC)C3CCS(=O)(=O)C3)c(=O)oc2c1. The average Bonchev–Trinajstić information content (AvgIpc) is 2.99. The van der Waals surface area contributed by atoms with E-state index in [9.17, 15) is 18.0 Å². The fraction of sp³-hybridized carbons (Fsp3) is 0.474. The summed E-state index contributed by atoms with van der Waals surface area (Å²) < 4.78 is 34.3. The minimum absolute atomic E-state index is 0.0638. The van der Waals surface area contributed by atoms with Crippen LogP contribution in [0.25, 0.3) is 11.0 Å². The summed E-state index contributed by atoms with van der Waals surface area (Å²) >= 11 is 0. The summed E-state index contributed by atoms with van der Waals surface area (Å²) in [6, 6.07) is 6.21. The molecule has 1 aliphatic rings. The number of benzene rings is 1. The molecule has 0 spiro atoms. The summed E-state index contributed by atoms with van der Waals surface area (Å²) in [7, 11) is -3.13. The first-order valence-corrected chi connectivity index (χ1v) is 10.9. The Bertz CT molecular complexity index is 1010. The largest absolute Gasteiger partial charge is 0.493 e. The molecule has 1 unspecified atom stereocenters. The molecular formula is C19H23NO6S. The van der Waals surface area contributed by atoms with E-state index in [1.807, 2.05) is 6.92 Å². The molecule has 3 rings (SSSR count). The Balaban J connectivity index is 1.92. The van der Waals surface area contributed by atoms with E-state index in [1.54, 1.807) is 25.1 Å². The highest BCUT2D eigenvalue weighted by atomic mass is 32.2. The van der Waals surface area contributed by atoms with Crippen LogP contribution in [0.3, 0.4) is 0 Å². The van der Waals surface area contributed by atoms with Gasteiger partial charge in [0.2, 0.25) is 0 Å². The number of hydrogen-bond donors (Lipinski definition) is 0. The van der Waals surface area contributed by atoms with Gasteiger partial charge in [0.15, 0.2) is 9.84 Å². The normalized spacial score (nSPS) is 18.5. The standard InChI is InChI=1S/C19H23NO6S/c1-3-8-25-15-6-5-13-10-16(19(22)26-17(13)11-15)18(21)20(4-2)14-7-9-27(23,24)12-14/h5-6,10-11,14H,3-4,7-9,12H2,1-2H3. The molecule has 7 nitrogen and oxygen atoms in total. The minimum atomic E-state index is -3.13. The second-order valence-corrected chi connectivity index (χ2v) is 8.87. The monoisotopic (exact) mass is 393 g/mol. The van der Waals surface area contributed by atoms with Crippen LogP contribution in [0.4, 0.5) is 0 Å². The van der Waals surface area contributed by atoms with E-state index in [0.717, 1.165) is 6.42 Å². The van der Waals surface area contributed by atoms with Crippen molar-refractivity contribution in [3.8, 4) is 5.75 Å². The fourth-order valence-corrected chi connectivity index (χ4v) is 5.02. The van der Waals surface area contributed by atoms with Crippen molar-refractivity contribution in [1.82, 2.24) is 4.90 Å². The first-order chi connectivity index (χ1) is 12.8. The lowest BCUT2D eigenvalue weighted by Gasteiger charge is -2.26. The van der Waals surface area contributed by atoms with Gasteiger partial charge < -0.3 is 14.1 Å². The molecule has 1 aromatic carbocycles. The fourth-order valence-electron chi connectivity index (χ4n) is 3.29. The third-order valence-corrected chi connectivity index (χ3v) is 6.41. The van der Waals surface area contributed by atoms with E-state index in [2.05, 4.69) is 0 Å². The average molecular weight is 393 g/mol. The summed E-state index contributed by atoms with van der Waals surface area (Å²) in [5, 5.41) is 0.608. The zero-order chi connectivity index (χ0) is 19.6.